The zero-order valence-corrected chi connectivity index (χ0v) is 20.2. The molecule has 0 unspecified atom stereocenters. The van der Waals surface area contributed by atoms with E-state index in [1.165, 1.54) is 11.3 Å². The van der Waals surface area contributed by atoms with Crippen LogP contribution in [0.4, 0.5) is 0 Å². The molecule has 0 saturated heterocycles. The number of hydrogen-bond donors (Lipinski definition) is 1. The van der Waals surface area contributed by atoms with Crippen molar-refractivity contribution in [3.05, 3.63) is 59.0 Å². The third-order valence-corrected chi connectivity index (χ3v) is 8.01. The van der Waals surface area contributed by atoms with E-state index in [0.717, 1.165) is 33.8 Å². The number of aromatic nitrogens is 2. The third kappa shape index (κ3) is 5.59. The molecule has 30 heavy (non-hydrogen) atoms. The Morgan fingerprint density at radius 3 is 2.53 bits per heavy atom. The molecule has 1 N–H and O–H groups in total. The molecular formula is C23H31N3O2S2. The van der Waals surface area contributed by atoms with Gasteiger partial charge >= 0.3 is 0 Å². The second-order valence-corrected chi connectivity index (χ2v) is 12.2. The monoisotopic (exact) mass is 445 g/mol. The standard InChI is InChI=1S/C23H31N3O2S2/c1-16(2)12-20-14-21(22(29-20)30(27,28)25-23(4,5)6)19-9-7-8-18(13-19)15-26-11-10-24-17(26)3/h7-11,13-14,16,25H,12,15H2,1-6H3. The van der Waals surface area contributed by atoms with Crippen LogP contribution in [0.25, 0.3) is 11.1 Å². The SMILES string of the molecule is Cc1nccn1Cc1cccc(-c2cc(CC(C)C)sc2S(=O)(=O)NC(C)(C)C)c1. The van der Waals surface area contributed by atoms with Gasteiger partial charge in [0, 0.05) is 34.9 Å². The molecule has 0 amide bonds. The molecule has 0 fully saturated rings. The van der Waals surface area contributed by atoms with Gasteiger partial charge in [0.1, 0.15) is 10.0 Å². The highest BCUT2D eigenvalue weighted by molar-refractivity contribution is 7.91. The van der Waals surface area contributed by atoms with Gasteiger partial charge in [0.05, 0.1) is 0 Å². The predicted molar refractivity (Wildman–Crippen MR) is 124 cm³/mol. The van der Waals surface area contributed by atoms with Crippen molar-refractivity contribution in [1.29, 1.82) is 0 Å². The Morgan fingerprint density at radius 2 is 1.93 bits per heavy atom. The van der Waals surface area contributed by atoms with E-state index in [0.29, 0.717) is 16.7 Å². The van der Waals surface area contributed by atoms with Crippen LogP contribution in [0.2, 0.25) is 0 Å². The molecular weight excluding hydrogens is 414 g/mol. The fourth-order valence-electron chi connectivity index (χ4n) is 3.38. The van der Waals surface area contributed by atoms with Gasteiger partial charge < -0.3 is 4.57 Å². The zero-order valence-electron chi connectivity index (χ0n) is 18.6. The number of hydrogen-bond acceptors (Lipinski definition) is 4. The van der Waals surface area contributed by atoms with Crippen LogP contribution in [-0.4, -0.2) is 23.5 Å². The number of benzene rings is 1. The Labute approximate surface area is 184 Å². The molecule has 0 bridgehead atoms. The number of imidazole rings is 1. The van der Waals surface area contributed by atoms with E-state index in [-0.39, 0.29) is 0 Å². The van der Waals surface area contributed by atoms with Crippen LogP contribution >= 0.6 is 11.3 Å². The molecule has 3 aromatic rings. The topological polar surface area (TPSA) is 64.0 Å². The maximum atomic E-state index is 13.2. The van der Waals surface area contributed by atoms with Crippen LogP contribution < -0.4 is 4.72 Å². The lowest BCUT2D eigenvalue weighted by Gasteiger charge is -2.20. The minimum Gasteiger partial charge on any atom is -0.331 e. The quantitative estimate of drug-likeness (QED) is 0.541. The van der Waals surface area contributed by atoms with Gasteiger partial charge in [0.25, 0.3) is 10.0 Å². The third-order valence-electron chi connectivity index (χ3n) is 4.56. The lowest BCUT2D eigenvalue weighted by Crippen LogP contribution is -2.40. The van der Waals surface area contributed by atoms with E-state index in [1.54, 1.807) is 6.20 Å². The van der Waals surface area contributed by atoms with Gasteiger partial charge in [-0.25, -0.2) is 18.1 Å². The zero-order chi connectivity index (χ0) is 22.1. The van der Waals surface area contributed by atoms with Gasteiger partial charge in [-0.1, -0.05) is 32.0 Å². The molecule has 0 aliphatic heterocycles. The molecule has 2 heterocycles. The summed E-state index contributed by atoms with van der Waals surface area (Å²) >= 11 is 1.38. The Bertz CT molecular complexity index is 1120. The van der Waals surface area contributed by atoms with Crippen LogP contribution in [-0.2, 0) is 23.0 Å². The Balaban J connectivity index is 2.05. The highest BCUT2D eigenvalue weighted by Crippen LogP contribution is 2.37. The normalized spacial score (nSPS) is 12.6. The van der Waals surface area contributed by atoms with Crippen molar-refractivity contribution in [2.45, 2.75) is 64.3 Å². The first-order valence-corrected chi connectivity index (χ1v) is 12.5. The summed E-state index contributed by atoms with van der Waals surface area (Å²) in [6, 6.07) is 10.2. The lowest BCUT2D eigenvalue weighted by molar-refractivity contribution is 0.493. The van der Waals surface area contributed by atoms with Crippen LogP contribution in [0, 0.1) is 12.8 Å². The minimum absolute atomic E-state index is 0.393. The van der Waals surface area contributed by atoms with Crippen molar-refractivity contribution in [2.75, 3.05) is 0 Å². The number of rotatable bonds is 7. The Hall–Kier alpha value is -1.96. The molecule has 0 aliphatic rings. The van der Waals surface area contributed by atoms with Gasteiger partial charge in [0.15, 0.2) is 0 Å². The fraction of sp³-hybridized carbons (Fsp3) is 0.435. The summed E-state index contributed by atoms with van der Waals surface area (Å²) in [6.45, 7) is 12.6. The molecule has 0 atom stereocenters. The highest BCUT2D eigenvalue weighted by Gasteiger charge is 2.28. The summed E-state index contributed by atoms with van der Waals surface area (Å²) < 4.78 is 31.7. The van der Waals surface area contributed by atoms with E-state index >= 15 is 0 Å². The van der Waals surface area contributed by atoms with Crippen LogP contribution in [0.1, 0.15) is 50.9 Å². The largest absolute Gasteiger partial charge is 0.331 e. The van der Waals surface area contributed by atoms with E-state index in [9.17, 15) is 8.42 Å². The summed E-state index contributed by atoms with van der Waals surface area (Å²) in [7, 11) is -3.63. The van der Waals surface area contributed by atoms with Crippen molar-refractivity contribution in [3.63, 3.8) is 0 Å². The van der Waals surface area contributed by atoms with Crippen molar-refractivity contribution in [2.24, 2.45) is 5.92 Å². The summed E-state index contributed by atoms with van der Waals surface area (Å²) in [5.74, 6) is 1.41. The van der Waals surface area contributed by atoms with Crippen molar-refractivity contribution in [3.8, 4) is 11.1 Å². The average Bonchev–Trinajstić information content (AvgIpc) is 3.20. The molecule has 0 saturated carbocycles. The van der Waals surface area contributed by atoms with Crippen LogP contribution in [0.5, 0.6) is 0 Å². The minimum atomic E-state index is -3.63. The maximum absolute atomic E-state index is 13.2. The second-order valence-electron chi connectivity index (χ2n) is 9.17. The number of nitrogens with one attached hydrogen (secondary N) is 1. The summed E-state index contributed by atoms with van der Waals surface area (Å²) in [5.41, 5.74) is 2.26. The predicted octanol–water partition coefficient (Wildman–Crippen LogP) is 5.24. The van der Waals surface area contributed by atoms with Crippen LogP contribution in [0.15, 0.2) is 46.9 Å². The molecule has 7 heteroatoms. The lowest BCUT2D eigenvalue weighted by atomic mass is 10.0. The van der Waals surface area contributed by atoms with Gasteiger partial charge in [-0.2, -0.15) is 0 Å². The molecule has 0 aliphatic carbocycles. The van der Waals surface area contributed by atoms with Gasteiger partial charge in [-0.15, -0.1) is 11.3 Å². The summed E-state index contributed by atoms with van der Waals surface area (Å²) in [4.78, 5) is 5.37. The smallest absolute Gasteiger partial charge is 0.251 e. The number of aryl methyl sites for hydroxylation is 1. The highest BCUT2D eigenvalue weighted by atomic mass is 32.2. The van der Waals surface area contributed by atoms with Gasteiger partial charge in [-0.05, 0) is 63.3 Å². The van der Waals surface area contributed by atoms with Gasteiger partial charge in [0.2, 0.25) is 0 Å². The Morgan fingerprint density at radius 1 is 1.20 bits per heavy atom. The molecule has 3 rings (SSSR count). The van der Waals surface area contributed by atoms with Gasteiger partial charge in [-0.3, -0.25) is 0 Å². The average molecular weight is 446 g/mol. The van der Waals surface area contributed by atoms with Crippen molar-refractivity contribution >= 4 is 21.4 Å². The van der Waals surface area contributed by atoms with E-state index in [2.05, 4.69) is 40.3 Å². The maximum Gasteiger partial charge on any atom is 0.251 e. The number of thiophene rings is 1. The van der Waals surface area contributed by atoms with E-state index in [1.807, 2.05) is 52.1 Å². The summed E-state index contributed by atoms with van der Waals surface area (Å²) in [5, 5.41) is 0. The first-order valence-electron chi connectivity index (χ1n) is 10.2. The first-order chi connectivity index (χ1) is 13.9. The molecule has 0 spiro atoms. The molecule has 2 aromatic heterocycles. The van der Waals surface area contributed by atoms with Crippen LogP contribution in [0.3, 0.4) is 0 Å². The van der Waals surface area contributed by atoms with Crippen molar-refractivity contribution < 1.29 is 8.42 Å². The van der Waals surface area contributed by atoms with E-state index < -0.39 is 15.6 Å². The summed E-state index contributed by atoms with van der Waals surface area (Å²) in [6.07, 6.45) is 4.60. The van der Waals surface area contributed by atoms with E-state index in [4.69, 9.17) is 0 Å². The molecule has 0 radical (unpaired) electrons. The van der Waals surface area contributed by atoms with Crippen molar-refractivity contribution in [1.82, 2.24) is 14.3 Å². The second kappa shape index (κ2) is 8.65. The number of sulfonamides is 1. The molecule has 5 nitrogen and oxygen atoms in total. The molecule has 162 valence electrons. The first kappa shape index (κ1) is 22.7. The Kier molecular flexibility index (Phi) is 6.55. The fourth-order valence-corrected chi connectivity index (χ4v) is 6.75. The number of nitrogens with zero attached hydrogens (tertiary/aromatic N) is 2. The molecule has 1 aromatic carbocycles.